The molecule has 0 bridgehead atoms. The van der Waals surface area contributed by atoms with Crippen LogP contribution in [0.1, 0.15) is 40.2 Å². The number of carbonyl (C=O) groups is 2. The molecule has 1 aliphatic heterocycles. The molecule has 2 aromatic rings. The first-order chi connectivity index (χ1) is 11.8. The first kappa shape index (κ1) is 16.2. The van der Waals surface area contributed by atoms with E-state index in [1.54, 1.807) is 4.90 Å². The summed E-state index contributed by atoms with van der Waals surface area (Å²) in [4.78, 5) is 24.7. The van der Waals surface area contributed by atoms with Gasteiger partial charge in [0.2, 0.25) is 0 Å². The number of carbonyl (C=O) groups excluding carboxylic acids is 2. The molecule has 0 aliphatic carbocycles. The van der Waals surface area contributed by atoms with Gasteiger partial charge in [-0.2, -0.15) is 0 Å². The average molecular weight is 323 g/mol. The van der Waals surface area contributed by atoms with Crippen molar-refractivity contribution in [3.8, 4) is 0 Å². The van der Waals surface area contributed by atoms with Crippen molar-refractivity contribution in [3.63, 3.8) is 0 Å². The van der Waals surface area contributed by atoms with E-state index in [1.807, 2.05) is 54.6 Å². The molecular weight excluding hydrogens is 302 g/mol. The molecule has 4 nitrogen and oxygen atoms in total. The number of hydrogen-bond acceptors (Lipinski definition) is 3. The van der Waals surface area contributed by atoms with Crippen LogP contribution in [0.2, 0.25) is 0 Å². The number of ether oxygens (including phenoxy) is 1. The van der Waals surface area contributed by atoms with Gasteiger partial charge in [-0.1, -0.05) is 54.6 Å². The molecule has 1 heterocycles. The van der Waals surface area contributed by atoms with E-state index in [4.69, 9.17) is 4.74 Å². The Morgan fingerprint density at radius 1 is 1.04 bits per heavy atom. The molecule has 0 aromatic heterocycles. The van der Waals surface area contributed by atoms with Crippen LogP contribution < -0.4 is 0 Å². The maximum Gasteiger partial charge on any atom is 0.410 e. The number of hydrogen-bond donors (Lipinski definition) is 0. The summed E-state index contributed by atoms with van der Waals surface area (Å²) in [5, 5.41) is 0. The molecule has 1 aliphatic rings. The minimum atomic E-state index is -0.242. The molecule has 1 fully saturated rings. The topological polar surface area (TPSA) is 46.6 Å². The quantitative estimate of drug-likeness (QED) is 0.799. The lowest BCUT2D eigenvalue weighted by atomic mass is 9.89. The van der Waals surface area contributed by atoms with Gasteiger partial charge < -0.3 is 9.64 Å². The maximum atomic E-state index is 12.2. The molecule has 4 heteroatoms. The molecule has 2 aromatic carbocycles. The van der Waals surface area contributed by atoms with Crippen LogP contribution in [0.3, 0.4) is 0 Å². The molecule has 0 unspecified atom stereocenters. The average Bonchev–Trinajstić information content (AvgIpc) is 2.67. The summed E-state index contributed by atoms with van der Waals surface area (Å²) in [5.41, 5.74) is 2.93. The number of likely N-dealkylation sites (tertiary alicyclic amines) is 1. The fraction of sp³-hybridized carbons (Fsp3) is 0.300. The summed E-state index contributed by atoms with van der Waals surface area (Å²) in [7, 11) is 0. The van der Waals surface area contributed by atoms with Crippen molar-refractivity contribution in [3.05, 3.63) is 71.3 Å². The van der Waals surface area contributed by atoms with Crippen LogP contribution in [-0.4, -0.2) is 30.4 Å². The Labute approximate surface area is 142 Å². The largest absolute Gasteiger partial charge is 0.445 e. The Morgan fingerprint density at radius 3 is 2.33 bits per heavy atom. The van der Waals surface area contributed by atoms with Crippen molar-refractivity contribution in [1.82, 2.24) is 4.90 Å². The number of benzene rings is 2. The number of piperidine rings is 1. The van der Waals surface area contributed by atoms with Crippen molar-refractivity contribution < 1.29 is 14.3 Å². The SMILES string of the molecule is O=Cc1ccc(C2CCN(C(=O)OCc3ccccc3)CC2)cc1. The Morgan fingerprint density at radius 2 is 1.71 bits per heavy atom. The van der Waals surface area contributed by atoms with Gasteiger partial charge in [-0.25, -0.2) is 4.79 Å². The Balaban J connectivity index is 1.48. The second kappa shape index (κ2) is 7.77. The van der Waals surface area contributed by atoms with Crippen molar-refractivity contribution in [2.24, 2.45) is 0 Å². The Kier molecular flexibility index (Phi) is 5.26. The third kappa shape index (κ3) is 4.02. The molecule has 0 saturated carbocycles. The fourth-order valence-electron chi connectivity index (χ4n) is 3.05. The number of aldehydes is 1. The van der Waals surface area contributed by atoms with E-state index < -0.39 is 0 Å². The normalized spacial score (nSPS) is 15.1. The highest BCUT2D eigenvalue weighted by atomic mass is 16.6. The molecule has 0 radical (unpaired) electrons. The van der Waals surface area contributed by atoms with Gasteiger partial charge in [-0.05, 0) is 29.9 Å². The van der Waals surface area contributed by atoms with E-state index in [0.717, 1.165) is 24.7 Å². The summed E-state index contributed by atoms with van der Waals surface area (Å²) in [6, 6.07) is 17.4. The molecule has 3 rings (SSSR count). The van der Waals surface area contributed by atoms with Crippen LogP contribution >= 0.6 is 0 Å². The second-order valence-electron chi connectivity index (χ2n) is 6.09. The fourth-order valence-corrected chi connectivity index (χ4v) is 3.05. The molecule has 0 atom stereocenters. The Hall–Kier alpha value is -2.62. The van der Waals surface area contributed by atoms with Gasteiger partial charge in [0.05, 0.1) is 0 Å². The van der Waals surface area contributed by atoms with Gasteiger partial charge in [0.15, 0.2) is 0 Å². The van der Waals surface area contributed by atoms with Crippen molar-refractivity contribution in [2.75, 3.05) is 13.1 Å². The molecule has 0 spiro atoms. The first-order valence-electron chi connectivity index (χ1n) is 8.27. The zero-order valence-electron chi connectivity index (χ0n) is 13.6. The van der Waals surface area contributed by atoms with Crippen LogP contribution in [0.15, 0.2) is 54.6 Å². The van der Waals surface area contributed by atoms with E-state index in [1.165, 1.54) is 5.56 Å². The van der Waals surface area contributed by atoms with E-state index in [2.05, 4.69) is 0 Å². The summed E-state index contributed by atoms with van der Waals surface area (Å²) in [6.45, 7) is 1.72. The summed E-state index contributed by atoms with van der Waals surface area (Å²) < 4.78 is 5.39. The van der Waals surface area contributed by atoms with E-state index in [-0.39, 0.29) is 6.09 Å². The third-order valence-corrected chi connectivity index (χ3v) is 4.50. The highest BCUT2D eigenvalue weighted by molar-refractivity contribution is 5.74. The summed E-state index contributed by atoms with van der Waals surface area (Å²) >= 11 is 0. The van der Waals surface area contributed by atoms with Crippen LogP contribution in [0.5, 0.6) is 0 Å². The van der Waals surface area contributed by atoms with Crippen LogP contribution in [0, 0.1) is 0 Å². The minimum Gasteiger partial charge on any atom is -0.445 e. The standard InChI is InChI=1S/C20H21NO3/c22-14-16-6-8-18(9-7-16)19-10-12-21(13-11-19)20(23)24-15-17-4-2-1-3-5-17/h1-9,14,19H,10-13,15H2. The number of rotatable bonds is 4. The molecule has 0 N–H and O–H groups in total. The van der Waals surface area contributed by atoms with E-state index >= 15 is 0 Å². The summed E-state index contributed by atoms with van der Waals surface area (Å²) in [6.07, 6.45) is 2.45. The van der Waals surface area contributed by atoms with Gasteiger partial charge in [-0.3, -0.25) is 4.79 Å². The third-order valence-electron chi connectivity index (χ3n) is 4.50. The van der Waals surface area contributed by atoms with Crippen molar-refractivity contribution in [2.45, 2.75) is 25.4 Å². The zero-order chi connectivity index (χ0) is 16.8. The Bertz CT molecular complexity index is 674. The molecule has 24 heavy (non-hydrogen) atoms. The van der Waals surface area contributed by atoms with Gasteiger partial charge in [0.1, 0.15) is 12.9 Å². The first-order valence-corrected chi connectivity index (χ1v) is 8.27. The van der Waals surface area contributed by atoms with Crippen LogP contribution in [0.25, 0.3) is 0 Å². The molecule has 1 saturated heterocycles. The lowest BCUT2D eigenvalue weighted by molar-refractivity contribution is 0.0870. The van der Waals surface area contributed by atoms with E-state index in [9.17, 15) is 9.59 Å². The molecule has 1 amide bonds. The van der Waals surface area contributed by atoms with Gasteiger partial charge in [-0.15, -0.1) is 0 Å². The molecule has 124 valence electrons. The van der Waals surface area contributed by atoms with E-state index in [0.29, 0.717) is 31.2 Å². The van der Waals surface area contributed by atoms with Crippen LogP contribution in [0.4, 0.5) is 4.79 Å². The number of nitrogens with zero attached hydrogens (tertiary/aromatic N) is 1. The lowest BCUT2D eigenvalue weighted by Crippen LogP contribution is -2.38. The van der Waals surface area contributed by atoms with Crippen LogP contribution in [-0.2, 0) is 11.3 Å². The van der Waals surface area contributed by atoms with Gasteiger partial charge >= 0.3 is 6.09 Å². The highest BCUT2D eigenvalue weighted by Gasteiger charge is 2.24. The predicted octanol–water partition coefficient (Wildman–Crippen LogP) is 4.02. The van der Waals surface area contributed by atoms with Crippen molar-refractivity contribution in [1.29, 1.82) is 0 Å². The smallest absolute Gasteiger partial charge is 0.410 e. The number of amides is 1. The van der Waals surface area contributed by atoms with Gasteiger partial charge in [0, 0.05) is 18.7 Å². The zero-order valence-corrected chi connectivity index (χ0v) is 13.6. The second-order valence-corrected chi connectivity index (χ2v) is 6.09. The monoisotopic (exact) mass is 323 g/mol. The van der Waals surface area contributed by atoms with Gasteiger partial charge in [0.25, 0.3) is 0 Å². The predicted molar refractivity (Wildman–Crippen MR) is 92.0 cm³/mol. The summed E-state index contributed by atoms with van der Waals surface area (Å²) in [5.74, 6) is 0.434. The minimum absolute atomic E-state index is 0.242. The maximum absolute atomic E-state index is 12.2. The highest BCUT2D eigenvalue weighted by Crippen LogP contribution is 2.28. The van der Waals surface area contributed by atoms with Crippen molar-refractivity contribution >= 4 is 12.4 Å². The lowest BCUT2D eigenvalue weighted by Gasteiger charge is -2.31. The molecular formula is C20H21NO3.